The van der Waals surface area contributed by atoms with E-state index in [0.29, 0.717) is 17.1 Å². The molecular formula is C17H24ClF3N4O2. The van der Waals surface area contributed by atoms with Crippen molar-refractivity contribution in [1.29, 1.82) is 0 Å². The minimum atomic E-state index is -4.17. The maximum Gasteiger partial charge on any atom is 0.389 e. The Morgan fingerprint density at radius 1 is 1.30 bits per heavy atom. The zero-order valence-electron chi connectivity index (χ0n) is 15.4. The summed E-state index contributed by atoms with van der Waals surface area (Å²) < 4.78 is 36.1. The van der Waals surface area contributed by atoms with Gasteiger partial charge in [0.1, 0.15) is 0 Å². The molecule has 1 aromatic carbocycles. The Labute approximate surface area is 161 Å². The third-order valence-electron chi connectivity index (χ3n) is 3.13. The Morgan fingerprint density at radius 2 is 1.89 bits per heavy atom. The van der Waals surface area contributed by atoms with Gasteiger partial charge in [0.15, 0.2) is 5.96 Å². The van der Waals surface area contributed by atoms with Gasteiger partial charge in [0.25, 0.3) is 5.91 Å². The molecule has 1 aliphatic heterocycles. The Bertz CT molecular complexity index is 675. The van der Waals surface area contributed by atoms with Crippen LogP contribution in [0.1, 0.15) is 49.5 Å². The monoisotopic (exact) mass is 408 g/mol. The minimum absolute atomic E-state index is 0.0725. The molecule has 6 nitrogen and oxygen atoms in total. The van der Waals surface area contributed by atoms with E-state index < -0.39 is 12.6 Å². The van der Waals surface area contributed by atoms with Crippen LogP contribution < -0.4 is 11.5 Å². The van der Waals surface area contributed by atoms with Crippen molar-refractivity contribution in [2.24, 2.45) is 16.5 Å². The van der Waals surface area contributed by atoms with Gasteiger partial charge in [0, 0.05) is 37.0 Å². The van der Waals surface area contributed by atoms with E-state index in [0.717, 1.165) is 5.56 Å². The highest BCUT2D eigenvalue weighted by Crippen LogP contribution is 2.27. The summed E-state index contributed by atoms with van der Waals surface area (Å²) in [5, 5.41) is 0.458. The molecule has 1 aliphatic rings. The molecule has 1 aromatic rings. The van der Waals surface area contributed by atoms with Crippen molar-refractivity contribution in [2.75, 3.05) is 6.54 Å². The summed E-state index contributed by atoms with van der Waals surface area (Å²) >= 11 is 5.78. The molecule has 2 amide bonds. The summed E-state index contributed by atoms with van der Waals surface area (Å²) in [6.45, 7) is 5.76. The lowest BCUT2D eigenvalue weighted by molar-refractivity contribution is -0.136. The molecule has 0 aliphatic carbocycles. The SMILES string of the molecule is CC.CC(=O)N=C(N)N.O=C1c2cc(Cl)ccc2CN1CCCC(F)(F)F. The maximum absolute atomic E-state index is 12.0. The van der Waals surface area contributed by atoms with Gasteiger partial charge in [-0.25, -0.2) is 0 Å². The number of nitrogens with two attached hydrogens (primary N) is 2. The summed E-state index contributed by atoms with van der Waals surface area (Å²) in [6.07, 6.45) is -5.11. The second kappa shape index (κ2) is 11.4. The number of hydrogen-bond donors (Lipinski definition) is 2. The number of carbonyl (C=O) groups is 2. The number of fused-ring (bicyclic) bond motifs is 1. The van der Waals surface area contributed by atoms with Gasteiger partial charge >= 0.3 is 6.18 Å². The molecule has 1 heterocycles. The smallest absolute Gasteiger partial charge is 0.370 e. The standard InChI is InChI=1S/C12H11ClF3NO.C3H7N3O.C2H6/c13-9-3-2-8-7-17(11(18)10(8)6-9)5-1-4-12(14,15)16;1-2(7)6-3(4)5;1-2/h2-3,6H,1,4-5,7H2;1H3,(H4,4,5,6,7);1-2H3. The lowest BCUT2D eigenvalue weighted by atomic mass is 10.1. The van der Waals surface area contributed by atoms with Crippen LogP contribution in [0, 0.1) is 0 Å². The second-order valence-corrected chi connectivity index (χ2v) is 5.74. The third kappa shape index (κ3) is 9.83. The summed E-state index contributed by atoms with van der Waals surface area (Å²) in [5.74, 6) is -0.804. The fourth-order valence-electron chi connectivity index (χ4n) is 2.17. The van der Waals surface area contributed by atoms with Gasteiger partial charge in [0.2, 0.25) is 5.91 Å². The molecular weight excluding hydrogens is 385 g/mol. The highest BCUT2D eigenvalue weighted by molar-refractivity contribution is 6.31. The predicted molar refractivity (Wildman–Crippen MR) is 99.3 cm³/mol. The highest BCUT2D eigenvalue weighted by Gasteiger charge is 2.30. The van der Waals surface area contributed by atoms with Gasteiger partial charge in [-0.3, -0.25) is 9.59 Å². The quantitative estimate of drug-likeness (QED) is 0.590. The van der Waals surface area contributed by atoms with Gasteiger partial charge < -0.3 is 16.4 Å². The third-order valence-corrected chi connectivity index (χ3v) is 3.36. The van der Waals surface area contributed by atoms with Gasteiger partial charge in [-0.2, -0.15) is 18.2 Å². The van der Waals surface area contributed by atoms with Crippen LogP contribution in [-0.2, 0) is 11.3 Å². The number of benzene rings is 1. The largest absolute Gasteiger partial charge is 0.389 e. The first kappa shape index (κ1) is 24.7. The number of rotatable bonds is 3. The van der Waals surface area contributed by atoms with Gasteiger partial charge in [0.05, 0.1) is 0 Å². The van der Waals surface area contributed by atoms with Crippen molar-refractivity contribution in [1.82, 2.24) is 4.90 Å². The molecule has 0 aromatic heterocycles. The van der Waals surface area contributed by atoms with E-state index in [2.05, 4.69) is 4.99 Å². The fourth-order valence-corrected chi connectivity index (χ4v) is 2.34. The molecule has 0 spiro atoms. The van der Waals surface area contributed by atoms with Crippen LogP contribution >= 0.6 is 11.6 Å². The summed E-state index contributed by atoms with van der Waals surface area (Å²) in [6, 6.07) is 4.97. The molecule has 0 atom stereocenters. The first-order chi connectivity index (χ1) is 12.5. The van der Waals surface area contributed by atoms with Crippen LogP contribution in [0.5, 0.6) is 0 Å². The van der Waals surface area contributed by atoms with E-state index in [9.17, 15) is 22.8 Å². The maximum atomic E-state index is 12.0. The zero-order valence-corrected chi connectivity index (χ0v) is 16.2. The average Bonchev–Trinajstić information content (AvgIpc) is 2.84. The number of guanidine groups is 1. The van der Waals surface area contributed by atoms with E-state index in [4.69, 9.17) is 23.1 Å². The Hall–Kier alpha value is -2.29. The number of aliphatic imine (C=N–C) groups is 1. The van der Waals surface area contributed by atoms with Crippen LogP contribution in [0.4, 0.5) is 13.2 Å². The minimum Gasteiger partial charge on any atom is -0.370 e. The number of amides is 2. The van der Waals surface area contributed by atoms with E-state index in [1.807, 2.05) is 13.8 Å². The normalized spacial score (nSPS) is 12.3. The highest BCUT2D eigenvalue weighted by atomic mass is 35.5. The Kier molecular flexibility index (Phi) is 10.5. The molecule has 0 bridgehead atoms. The molecule has 0 fully saturated rings. The van der Waals surface area contributed by atoms with Crippen molar-refractivity contribution >= 4 is 29.4 Å². The van der Waals surface area contributed by atoms with Crippen LogP contribution in [0.2, 0.25) is 5.02 Å². The lowest BCUT2D eigenvalue weighted by Gasteiger charge is -2.15. The Morgan fingerprint density at radius 3 is 2.33 bits per heavy atom. The average molecular weight is 409 g/mol. The topological polar surface area (TPSA) is 102 Å². The number of alkyl halides is 3. The van der Waals surface area contributed by atoms with Crippen molar-refractivity contribution in [2.45, 2.75) is 46.3 Å². The molecule has 0 saturated carbocycles. The first-order valence-electron chi connectivity index (χ1n) is 8.24. The molecule has 4 N–H and O–H groups in total. The van der Waals surface area contributed by atoms with E-state index in [-0.39, 0.29) is 30.7 Å². The van der Waals surface area contributed by atoms with E-state index in [1.165, 1.54) is 11.8 Å². The zero-order chi connectivity index (χ0) is 21.2. The van der Waals surface area contributed by atoms with Gasteiger partial charge in [-0.1, -0.05) is 31.5 Å². The van der Waals surface area contributed by atoms with Crippen LogP contribution in [0.25, 0.3) is 0 Å². The van der Waals surface area contributed by atoms with Crippen molar-refractivity contribution < 1.29 is 22.8 Å². The van der Waals surface area contributed by atoms with E-state index in [1.54, 1.807) is 18.2 Å². The van der Waals surface area contributed by atoms with Gasteiger partial charge in [-0.05, 0) is 24.1 Å². The number of halogens is 4. The summed E-state index contributed by atoms with van der Waals surface area (Å²) in [5.41, 5.74) is 10.9. The van der Waals surface area contributed by atoms with Crippen LogP contribution in [0.3, 0.4) is 0 Å². The van der Waals surface area contributed by atoms with Crippen molar-refractivity contribution in [3.05, 3.63) is 34.3 Å². The Balaban J connectivity index is 0.000000637. The molecule has 2 rings (SSSR count). The number of hydrogen-bond acceptors (Lipinski definition) is 2. The van der Waals surface area contributed by atoms with Gasteiger partial charge in [-0.15, -0.1) is 0 Å². The van der Waals surface area contributed by atoms with Crippen LogP contribution in [-0.4, -0.2) is 35.4 Å². The lowest BCUT2D eigenvalue weighted by Crippen LogP contribution is -2.26. The molecule has 0 saturated heterocycles. The van der Waals surface area contributed by atoms with Crippen LogP contribution in [0.15, 0.2) is 23.2 Å². The number of carbonyl (C=O) groups excluding carboxylic acids is 2. The second-order valence-electron chi connectivity index (χ2n) is 5.30. The number of nitrogens with zero attached hydrogens (tertiary/aromatic N) is 2. The molecule has 0 unspecified atom stereocenters. The summed E-state index contributed by atoms with van der Waals surface area (Å²) in [4.78, 5) is 26.3. The molecule has 0 radical (unpaired) electrons. The van der Waals surface area contributed by atoms with Crippen molar-refractivity contribution in [3.63, 3.8) is 0 Å². The first-order valence-corrected chi connectivity index (χ1v) is 8.62. The molecule has 152 valence electrons. The fraction of sp³-hybridized carbons (Fsp3) is 0.471. The summed E-state index contributed by atoms with van der Waals surface area (Å²) in [7, 11) is 0. The predicted octanol–water partition coefficient (Wildman–Crippen LogP) is 3.47. The van der Waals surface area contributed by atoms with E-state index >= 15 is 0 Å². The van der Waals surface area contributed by atoms with Crippen molar-refractivity contribution in [3.8, 4) is 0 Å². The molecule has 27 heavy (non-hydrogen) atoms. The molecule has 10 heteroatoms.